The zero-order chi connectivity index (χ0) is 23.4. The van der Waals surface area contributed by atoms with E-state index in [1.165, 1.54) is 4.90 Å². The largest absolute Gasteiger partial charge is 0.354 e. The second-order valence-corrected chi connectivity index (χ2v) is 8.38. The zero-order valence-corrected chi connectivity index (χ0v) is 20.5. The number of halogens is 2. The van der Waals surface area contributed by atoms with Crippen LogP contribution in [0.15, 0.2) is 47.5 Å². The molecule has 1 aliphatic heterocycles. The number of nitrogens with zero attached hydrogens (tertiary/aromatic N) is 3. The van der Waals surface area contributed by atoms with Crippen LogP contribution in [-0.2, 0) is 14.3 Å². The number of rotatable bonds is 6. The minimum atomic E-state index is -0.976. The summed E-state index contributed by atoms with van der Waals surface area (Å²) in [4.78, 5) is 21.3. The Hall–Kier alpha value is -2.23. The first-order valence-corrected chi connectivity index (χ1v) is 10.9. The summed E-state index contributed by atoms with van der Waals surface area (Å²) in [6.45, 7) is 0.368. The number of methoxy groups -OCH3 is 2. The average Bonchev–Trinajstić information content (AvgIpc) is 2.88. The van der Waals surface area contributed by atoms with Gasteiger partial charge in [-0.3, -0.25) is 4.79 Å². The Morgan fingerprint density at radius 3 is 2.56 bits per heavy atom. The molecule has 1 aliphatic rings. The van der Waals surface area contributed by atoms with Crippen molar-refractivity contribution in [3.05, 3.63) is 63.6 Å². The standard InChI is InChI=1S/C22H24Cl2N4O3S/c1-27(12-18(30-3)31-4)22(32)26-20-21(29)28(2)17-10-9-13(23)11-15(17)19(25-20)14-7-5-6-8-16(14)24/h5-11,18,20H,12H2,1-4H3,(H,26,32). The van der Waals surface area contributed by atoms with Crippen molar-refractivity contribution >= 4 is 57.8 Å². The number of nitrogens with one attached hydrogen (secondary N) is 1. The molecular weight excluding hydrogens is 471 g/mol. The first-order chi connectivity index (χ1) is 15.3. The molecule has 0 saturated heterocycles. The molecule has 0 bridgehead atoms. The van der Waals surface area contributed by atoms with E-state index in [9.17, 15) is 4.79 Å². The van der Waals surface area contributed by atoms with Gasteiger partial charge < -0.3 is 24.6 Å². The van der Waals surface area contributed by atoms with Crippen molar-refractivity contribution in [2.45, 2.75) is 12.5 Å². The molecule has 1 unspecified atom stereocenters. The Morgan fingerprint density at radius 1 is 1.22 bits per heavy atom. The van der Waals surface area contributed by atoms with Gasteiger partial charge in [0.25, 0.3) is 5.91 Å². The lowest BCUT2D eigenvalue weighted by Gasteiger charge is -2.27. The number of amides is 1. The van der Waals surface area contributed by atoms with E-state index in [1.54, 1.807) is 57.5 Å². The normalized spacial score (nSPS) is 15.8. The fraction of sp³-hybridized carbons (Fsp3) is 0.318. The lowest BCUT2D eigenvalue weighted by Crippen LogP contribution is -2.51. The van der Waals surface area contributed by atoms with Crippen LogP contribution in [0.5, 0.6) is 0 Å². The molecule has 0 saturated carbocycles. The van der Waals surface area contributed by atoms with Crippen LogP contribution in [0.2, 0.25) is 10.0 Å². The van der Waals surface area contributed by atoms with Crippen molar-refractivity contribution in [3.63, 3.8) is 0 Å². The molecule has 0 spiro atoms. The van der Waals surface area contributed by atoms with Gasteiger partial charge in [0.2, 0.25) is 6.17 Å². The summed E-state index contributed by atoms with van der Waals surface area (Å²) < 4.78 is 10.5. The predicted molar refractivity (Wildman–Crippen MR) is 132 cm³/mol. The molecule has 2 aromatic rings. The van der Waals surface area contributed by atoms with E-state index in [2.05, 4.69) is 5.32 Å². The molecule has 1 heterocycles. The number of fused-ring (bicyclic) bond motifs is 1. The lowest BCUT2D eigenvalue weighted by atomic mass is 10.00. The molecule has 1 N–H and O–H groups in total. The summed E-state index contributed by atoms with van der Waals surface area (Å²) in [6, 6.07) is 12.6. The van der Waals surface area contributed by atoms with Crippen molar-refractivity contribution in [2.24, 2.45) is 4.99 Å². The molecule has 0 fully saturated rings. The highest BCUT2D eigenvalue weighted by molar-refractivity contribution is 7.80. The number of ether oxygens (including phenoxy) is 2. The van der Waals surface area contributed by atoms with Gasteiger partial charge in [0.15, 0.2) is 11.4 Å². The first kappa shape index (κ1) is 24.4. The second kappa shape index (κ2) is 10.6. The van der Waals surface area contributed by atoms with Gasteiger partial charge >= 0.3 is 0 Å². The number of anilines is 1. The summed E-state index contributed by atoms with van der Waals surface area (Å²) in [5.74, 6) is -0.276. The second-order valence-electron chi connectivity index (χ2n) is 7.15. The van der Waals surface area contributed by atoms with Crippen LogP contribution in [0, 0.1) is 0 Å². The molecular formula is C22H24Cl2N4O3S. The summed E-state index contributed by atoms with van der Waals surface area (Å²) in [5, 5.41) is 4.41. The summed E-state index contributed by atoms with van der Waals surface area (Å²) >= 11 is 18.3. The Labute approximate surface area is 202 Å². The van der Waals surface area contributed by atoms with Crippen LogP contribution in [0.25, 0.3) is 0 Å². The van der Waals surface area contributed by atoms with Gasteiger partial charge in [0.1, 0.15) is 0 Å². The maximum absolute atomic E-state index is 13.3. The molecule has 0 aromatic heterocycles. The van der Waals surface area contributed by atoms with Gasteiger partial charge in [-0.1, -0.05) is 41.4 Å². The van der Waals surface area contributed by atoms with Crippen molar-refractivity contribution < 1.29 is 14.3 Å². The number of aliphatic imine (C=N–C) groups is 1. The van der Waals surface area contributed by atoms with E-state index >= 15 is 0 Å². The molecule has 2 aromatic carbocycles. The van der Waals surface area contributed by atoms with Crippen LogP contribution in [-0.4, -0.2) is 68.9 Å². The highest BCUT2D eigenvalue weighted by Crippen LogP contribution is 2.31. The number of carbonyl (C=O) groups is 1. The van der Waals surface area contributed by atoms with E-state index in [4.69, 9.17) is 49.9 Å². The maximum Gasteiger partial charge on any atom is 0.272 e. The summed E-state index contributed by atoms with van der Waals surface area (Å²) in [5.41, 5.74) is 2.59. The maximum atomic E-state index is 13.3. The highest BCUT2D eigenvalue weighted by Gasteiger charge is 2.31. The van der Waals surface area contributed by atoms with E-state index < -0.39 is 12.5 Å². The number of benzodiazepines with no additional fused rings is 1. The highest BCUT2D eigenvalue weighted by atomic mass is 35.5. The molecule has 170 valence electrons. The lowest BCUT2D eigenvalue weighted by molar-refractivity contribution is -0.119. The van der Waals surface area contributed by atoms with Crippen LogP contribution in [0.1, 0.15) is 11.1 Å². The van der Waals surface area contributed by atoms with Gasteiger partial charge in [0, 0.05) is 49.5 Å². The summed E-state index contributed by atoms with van der Waals surface area (Å²) in [7, 11) is 6.56. The Bertz CT molecular complexity index is 1050. The molecule has 10 heteroatoms. The van der Waals surface area contributed by atoms with Crippen LogP contribution in [0.3, 0.4) is 0 Å². The van der Waals surface area contributed by atoms with Crippen molar-refractivity contribution in [1.29, 1.82) is 0 Å². The van der Waals surface area contributed by atoms with Crippen molar-refractivity contribution in [2.75, 3.05) is 39.8 Å². The molecule has 7 nitrogen and oxygen atoms in total. The van der Waals surface area contributed by atoms with Crippen LogP contribution >= 0.6 is 35.4 Å². The number of hydrogen-bond acceptors (Lipinski definition) is 5. The molecule has 1 atom stereocenters. The zero-order valence-electron chi connectivity index (χ0n) is 18.1. The number of thiocarbonyl (C=S) groups is 1. The van der Waals surface area contributed by atoms with Gasteiger partial charge in [-0.25, -0.2) is 4.99 Å². The third-order valence-electron chi connectivity index (χ3n) is 5.08. The van der Waals surface area contributed by atoms with Gasteiger partial charge in [0.05, 0.1) is 17.9 Å². The van der Waals surface area contributed by atoms with E-state index in [-0.39, 0.29) is 5.91 Å². The van der Waals surface area contributed by atoms with Crippen molar-refractivity contribution in [3.8, 4) is 0 Å². The number of hydrogen-bond donors (Lipinski definition) is 1. The number of carbonyl (C=O) groups excluding carboxylic acids is 1. The minimum absolute atomic E-state index is 0.276. The van der Waals surface area contributed by atoms with E-state index in [0.717, 1.165) is 0 Å². The number of likely N-dealkylation sites (N-methyl/N-ethyl adjacent to an activating group) is 2. The molecule has 0 radical (unpaired) electrons. The van der Waals surface area contributed by atoms with Gasteiger partial charge in [-0.15, -0.1) is 0 Å². The van der Waals surface area contributed by atoms with Crippen LogP contribution in [0.4, 0.5) is 5.69 Å². The van der Waals surface area contributed by atoms with E-state index in [1.807, 2.05) is 18.2 Å². The SMILES string of the molecule is COC(CN(C)C(=S)NC1N=C(c2ccccc2Cl)c2cc(Cl)ccc2N(C)C1=O)OC. The first-order valence-electron chi connectivity index (χ1n) is 9.74. The minimum Gasteiger partial charge on any atom is -0.354 e. The van der Waals surface area contributed by atoms with Gasteiger partial charge in [-0.05, 0) is 36.5 Å². The van der Waals surface area contributed by atoms with Gasteiger partial charge in [-0.2, -0.15) is 0 Å². The molecule has 0 aliphatic carbocycles. The molecule has 32 heavy (non-hydrogen) atoms. The molecule has 1 amide bonds. The fourth-order valence-electron chi connectivity index (χ4n) is 3.29. The Kier molecular flexibility index (Phi) is 8.08. The van der Waals surface area contributed by atoms with Crippen molar-refractivity contribution in [1.82, 2.24) is 10.2 Å². The quantitative estimate of drug-likeness (QED) is 0.489. The third kappa shape index (κ3) is 5.22. The smallest absolute Gasteiger partial charge is 0.272 e. The number of benzene rings is 2. The van der Waals surface area contributed by atoms with Crippen LogP contribution < -0.4 is 10.2 Å². The summed E-state index contributed by atoms with van der Waals surface area (Å²) in [6.07, 6.45) is -1.45. The molecule has 3 rings (SSSR count). The monoisotopic (exact) mass is 494 g/mol. The fourth-order valence-corrected chi connectivity index (χ4v) is 3.87. The average molecular weight is 495 g/mol. The third-order valence-corrected chi connectivity index (χ3v) is 6.08. The Morgan fingerprint density at radius 2 is 1.91 bits per heavy atom. The van der Waals surface area contributed by atoms with E-state index in [0.29, 0.717) is 44.2 Å². The topological polar surface area (TPSA) is 66.4 Å². The predicted octanol–water partition coefficient (Wildman–Crippen LogP) is 3.56. The Balaban J connectivity index is 2.03.